The van der Waals surface area contributed by atoms with E-state index in [-0.39, 0.29) is 11.5 Å². The molecule has 7 heteroatoms. The number of rotatable bonds is 3. The molecule has 30 heavy (non-hydrogen) atoms. The fraction of sp³-hybridized carbons (Fsp3) is 0.174. The number of ether oxygens (including phenoxy) is 2. The van der Waals surface area contributed by atoms with Gasteiger partial charge >= 0.3 is 0 Å². The first kappa shape index (κ1) is 19.6. The van der Waals surface area contributed by atoms with Crippen molar-refractivity contribution >= 4 is 46.4 Å². The van der Waals surface area contributed by atoms with Gasteiger partial charge in [0.25, 0.3) is 0 Å². The fourth-order valence-electron chi connectivity index (χ4n) is 3.76. The van der Waals surface area contributed by atoms with Crippen molar-refractivity contribution in [1.82, 2.24) is 4.90 Å². The van der Waals surface area contributed by atoms with Crippen molar-refractivity contribution in [1.29, 1.82) is 0 Å². The minimum absolute atomic E-state index is 0.147. The van der Waals surface area contributed by atoms with Crippen LogP contribution in [-0.2, 0) is 13.1 Å². The van der Waals surface area contributed by atoms with Crippen LogP contribution in [0.5, 0.6) is 11.5 Å². The number of thiophene rings is 1. The molecule has 0 fully saturated rings. The van der Waals surface area contributed by atoms with Crippen molar-refractivity contribution in [3.8, 4) is 11.5 Å². The third-order valence-electron chi connectivity index (χ3n) is 5.20. The van der Waals surface area contributed by atoms with E-state index >= 15 is 0 Å². The molecule has 5 rings (SSSR count). The molecule has 1 aromatic heterocycles. The van der Waals surface area contributed by atoms with Crippen LogP contribution in [0.1, 0.15) is 31.9 Å². The second-order valence-electron chi connectivity index (χ2n) is 7.32. The highest BCUT2D eigenvalue weighted by molar-refractivity contribution is 7.09. The number of allylic oxidation sites excluding steroid dienone is 1. The van der Waals surface area contributed by atoms with Crippen LogP contribution in [0.2, 0.25) is 10.0 Å². The third kappa shape index (κ3) is 3.52. The topological polar surface area (TPSA) is 38.8 Å². The second-order valence-corrected chi connectivity index (χ2v) is 9.20. The maximum Gasteiger partial charge on any atom is 0.232 e. The molecule has 2 aliphatic rings. The molecule has 0 radical (unpaired) electrons. The van der Waals surface area contributed by atoms with Crippen molar-refractivity contribution in [3.63, 3.8) is 0 Å². The minimum atomic E-state index is -0.147. The van der Waals surface area contributed by atoms with Gasteiger partial charge in [-0.05, 0) is 53.8 Å². The van der Waals surface area contributed by atoms with E-state index in [0.29, 0.717) is 40.2 Å². The molecule has 0 atom stereocenters. The zero-order chi connectivity index (χ0) is 20.8. The predicted octanol–water partition coefficient (Wildman–Crippen LogP) is 6.33. The van der Waals surface area contributed by atoms with Crippen LogP contribution < -0.4 is 9.47 Å². The number of hydrogen-bond acceptors (Lipinski definition) is 5. The number of benzene rings is 2. The number of hydrogen-bond donors (Lipinski definition) is 0. The van der Waals surface area contributed by atoms with Gasteiger partial charge in [-0.2, -0.15) is 0 Å². The Bertz CT molecular complexity index is 1190. The number of carbonyl (C=O) groups is 1. The molecule has 0 aliphatic carbocycles. The Balaban J connectivity index is 1.50. The Kier molecular flexibility index (Phi) is 5.07. The number of halogens is 2. The van der Waals surface area contributed by atoms with E-state index in [1.807, 2.05) is 19.1 Å². The summed E-state index contributed by atoms with van der Waals surface area (Å²) in [6.45, 7) is 3.84. The van der Waals surface area contributed by atoms with Gasteiger partial charge in [0, 0.05) is 28.0 Å². The zero-order valence-corrected chi connectivity index (χ0v) is 18.4. The van der Waals surface area contributed by atoms with Gasteiger partial charge in [-0.3, -0.25) is 9.69 Å². The smallest absolute Gasteiger partial charge is 0.232 e. The van der Waals surface area contributed by atoms with Crippen molar-refractivity contribution in [3.05, 3.63) is 84.7 Å². The Morgan fingerprint density at radius 2 is 2.10 bits per heavy atom. The number of ketones is 1. The Morgan fingerprint density at radius 3 is 2.87 bits per heavy atom. The molecular formula is C23H17Cl2NO3S. The SMILES string of the molecule is Cc1cc2c(c3c1C(=O)/C(=C/c1ccc(Cl)cc1Cl)O3)CN(Cc1cccs1)CO2. The normalized spacial score (nSPS) is 16.9. The van der Waals surface area contributed by atoms with Gasteiger partial charge in [-0.15, -0.1) is 11.3 Å². The van der Waals surface area contributed by atoms with Crippen LogP contribution in [0.4, 0.5) is 0 Å². The highest BCUT2D eigenvalue weighted by Crippen LogP contribution is 2.44. The summed E-state index contributed by atoms with van der Waals surface area (Å²) >= 11 is 14.0. The number of nitrogens with zero attached hydrogens (tertiary/aromatic N) is 1. The van der Waals surface area contributed by atoms with E-state index < -0.39 is 0 Å². The summed E-state index contributed by atoms with van der Waals surface area (Å²) in [5.74, 6) is 1.46. The minimum Gasteiger partial charge on any atom is -0.478 e. The molecule has 0 unspecified atom stereocenters. The Hall–Kier alpha value is -2.31. The van der Waals surface area contributed by atoms with Crippen LogP contribution in [0, 0.1) is 6.92 Å². The van der Waals surface area contributed by atoms with Crippen molar-refractivity contribution in [2.45, 2.75) is 20.0 Å². The van der Waals surface area contributed by atoms with Crippen LogP contribution in [0.3, 0.4) is 0 Å². The lowest BCUT2D eigenvalue weighted by Crippen LogP contribution is -2.31. The molecule has 0 bridgehead atoms. The Morgan fingerprint density at radius 1 is 1.23 bits per heavy atom. The monoisotopic (exact) mass is 457 g/mol. The first-order valence-electron chi connectivity index (χ1n) is 9.43. The lowest BCUT2D eigenvalue weighted by atomic mass is 9.98. The van der Waals surface area contributed by atoms with Crippen LogP contribution >= 0.6 is 34.5 Å². The highest BCUT2D eigenvalue weighted by Gasteiger charge is 2.35. The fourth-order valence-corrected chi connectivity index (χ4v) is 4.97. The predicted molar refractivity (Wildman–Crippen MR) is 120 cm³/mol. The van der Waals surface area contributed by atoms with E-state index in [2.05, 4.69) is 16.3 Å². The molecule has 4 nitrogen and oxygen atoms in total. The number of carbonyl (C=O) groups excluding carboxylic acids is 1. The maximum absolute atomic E-state index is 13.1. The maximum atomic E-state index is 13.1. The Labute approximate surface area is 188 Å². The van der Waals surface area contributed by atoms with E-state index in [1.54, 1.807) is 35.6 Å². The summed E-state index contributed by atoms with van der Waals surface area (Å²) in [6, 6.07) is 11.2. The first-order chi connectivity index (χ1) is 14.5. The van der Waals surface area contributed by atoms with Gasteiger partial charge in [0.15, 0.2) is 5.76 Å². The molecule has 0 N–H and O–H groups in total. The molecule has 0 saturated heterocycles. The summed E-state index contributed by atoms with van der Waals surface area (Å²) in [6.07, 6.45) is 1.67. The zero-order valence-electron chi connectivity index (χ0n) is 16.1. The van der Waals surface area contributed by atoms with Gasteiger partial charge < -0.3 is 9.47 Å². The number of Topliss-reactive ketones (excluding diaryl/α,β-unsaturated/α-hetero) is 1. The largest absolute Gasteiger partial charge is 0.478 e. The van der Waals surface area contributed by atoms with Crippen LogP contribution in [0.25, 0.3) is 6.08 Å². The quantitative estimate of drug-likeness (QED) is 0.430. The molecular weight excluding hydrogens is 441 g/mol. The molecule has 152 valence electrons. The summed E-state index contributed by atoms with van der Waals surface area (Å²) < 4.78 is 12.1. The van der Waals surface area contributed by atoms with Crippen LogP contribution in [-0.4, -0.2) is 17.4 Å². The summed E-state index contributed by atoms with van der Waals surface area (Å²) in [5, 5.41) is 3.07. The van der Waals surface area contributed by atoms with E-state index in [9.17, 15) is 4.79 Å². The summed E-state index contributed by atoms with van der Waals surface area (Å²) in [4.78, 5) is 16.6. The molecule has 2 aromatic carbocycles. The highest BCUT2D eigenvalue weighted by atomic mass is 35.5. The van der Waals surface area contributed by atoms with Crippen LogP contribution in [0.15, 0.2) is 47.5 Å². The van der Waals surface area contributed by atoms with E-state index in [1.165, 1.54) is 4.88 Å². The summed E-state index contributed by atoms with van der Waals surface area (Å²) in [5.41, 5.74) is 3.01. The lowest BCUT2D eigenvalue weighted by molar-refractivity contribution is 0.0881. The van der Waals surface area contributed by atoms with Gasteiger partial charge in [0.1, 0.15) is 18.2 Å². The van der Waals surface area contributed by atoms with Crippen molar-refractivity contribution in [2.75, 3.05) is 6.73 Å². The first-order valence-corrected chi connectivity index (χ1v) is 11.1. The van der Waals surface area contributed by atoms with E-state index in [0.717, 1.165) is 23.4 Å². The second kappa shape index (κ2) is 7.75. The molecule has 3 heterocycles. The molecule has 3 aromatic rings. The number of aryl methyl sites for hydroxylation is 1. The lowest BCUT2D eigenvalue weighted by Gasteiger charge is -2.29. The van der Waals surface area contributed by atoms with Gasteiger partial charge in [0.2, 0.25) is 5.78 Å². The third-order valence-corrected chi connectivity index (χ3v) is 6.62. The molecule has 0 saturated carbocycles. The van der Waals surface area contributed by atoms with E-state index in [4.69, 9.17) is 32.7 Å². The molecule has 0 spiro atoms. The number of fused-ring (bicyclic) bond motifs is 3. The van der Waals surface area contributed by atoms with Gasteiger partial charge in [0.05, 0.1) is 11.1 Å². The molecule has 0 amide bonds. The average molecular weight is 458 g/mol. The van der Waals surface area contributed by atoms with Crippen molar-refractivity contribution < 1.29 is 14.3 Å². The summed E-state index contributed by atoms with van der Waals surface area (Å²) in [7, 11) is 0. The standard InChI is InChI=1S/C23H17Cl2NO3S/c1-13-7-19-17(11-26(12-28-19)10-16-3-2-6-30-16)23-21(13)22(27)20(29-23)8-14-4-5-15(24)9-18(14)25/h2-9H,10-12H2,1H3/b20-8-. The van der Waals surface area contributed by atoms with Gasteiger partial charge in [-0.25, -0.2) is 0 Å². The average Bonchev–Trinajstić information content (AvgIpc) is 3.33. The van der Waals surface area contributed by atoms with Gasteiger partial charge in [-0.1, -0.05) is 35.3 Å². The van der Waals surface area contributed by atoms with Crippen molar-refractivity contribution in [2.24, 2.45) is 0 Å². The molecule has 2 aliphatic heterocycles.